The van der Waals surface area contributed by atoms with Gasteiger partial charge in [0.1, 0.15) is 28.8 Å². The van der Waals surface area contributed by atoms with Crippen molar-refractivity contribution >= 4 is 18.2 Å². The van der Waals surface area contributed by atoms with Gasteiger partial charge in [0.15, 0.2) is 0 Å². The largest absolute Gasteiger partial charge is 0.543 e. The van der Waals surface area contributed by atoms with E-state index in [2.05, 4.69) is 67.5 Å². The summed E-state index contributed by atoms with van der Waals surface area (Å²) in [6.45, 7) is 18.1. The molecule has 0 fully saturated rings. The van der Waals surface area contributed by atoms with Gasteiger partial charge in [-0.2, -0.15) is 0 Å². The van der Waals surface area contributed by atoms with Crippen molar-refractivity contribution in [3.63, 3.8) is 0 Å². The second-order valence-electron chi connectivity index (χ2n) is 12.6. The fourth-order valence-electron chi connectivity index (χ4n) is 6.52. The van der Waals surface area contributed by atoms with E-state index in [0.717, 1.165) is 45.7 Å². The SMILES string of the molecule is Cc1cc(O[Si](C(C)C)(C(C)C)C(C)C)cc(C)c1Cc1ccc(OCc2ccccc2)c(S(=O)(=O)c2ccc(F)cc2)c1. The lowest BCUT2D eigenvalue weighted by Gasteiger charge is -2.42. The molecule has 0 atom stereocenters. The molecular formula is C37H45FO4SSi. The molecule has 0 aliphatic rings. The summed E-state index contributed by atoms with van der Waals surface area (Å²) in [6, 6.07) is 24.1. The highest BCUT2D eigenvalue weighted by molar-refractivity contribution is 7.91. The maximum atomic E-state index is 13.8. The first-order chi connectivity index (χ1) is 20.7. The third-order valence-corrected chi connectivity index (χ3v) is 16.5. The molecule has 0 saturated carbocycles. The number of aryl methyl sites for hydroxylation is 2. The molecule has 0 heterocycles. The smallest absolute Gasteiger partial charge is 0.258 e. The van der Waals surface area contributed by atoms with Crippen LogP contribution >= 0.6 is 0 Å². The zero-order valence-corrected chi connectivity index (χ0v) is 29.0. The van der Waals surface area contributed by atoms with Crippen molar-refractivity contribution in [1.82, 2.24) is 0 Å². The second-order valence-corrected chi connectivity index (χ2v) is 19.9. The number of rotatable bonds is 12. The highest BCUT2D eigenvalue weighted by Gasteiger charge is 2.47. The lowest BCUT2D eigenvalue weighted by atomic mass is 9.96. The van der Waals surface area contributed by atoms with E-state index < -0.39 is 24.0 Å². The Morgan fingerprint density at radius 3 is 1.84 bits per heavy atom. The summed E-state index contributed by atoms with van der Waals surface area (Å²) in [4.78, 5) is 0.0805. The summed E-state index contributed by atoms with van der Waals surface area (Å²) in [7, 11) is -6.10. The molecule has 0 saturated heterocycles. The van der Waals surface area contributed by atoms with Gasteiger partial charge in [-0.3, -0.25) is 0 Å². The third-order valence-electron chi connectivity index (χ3n) is 8.71. The Bertz CT molecular complexity index is 1640. The van der Waals surface area contributed by atoms with E-state index in [4.69, 9.17) is 9.16 Å². The quantitative estimate of drug-likeness (QED) is 0.115. The summed E-state index contributed by atoms with van der Waals surface area (Å²) >= 11 is 0. The van der Waals surface area contributed by atoms with Crippen LogP contribution in [0.15, 0.2) is 94.7 Å². The normalized spacial score (nSPS) is 12.3. The first-order valence-corrected chi connectivity index (χ1v) is 19.0. The van der Waals surface area contributed by atoms with Crippen molar-refractivity contribution in [2.45, 2.75) is 94.8 Å². The van der Waals surface area contributed by atoms with E-state index in [9.17, 15) is 12.8 Å². The van der Waals surface area contributed by atoms with Gasteiger partial charge < -0.3 is 9.16 Å². The maximum absolute atomic E-state index is 13.8. The minimum atomic E-state index is -3.98. The summed E-state index contributed by atoms with van der Waals surface area (Å²) in [6.07, 6.45) is 0.546. The first-order valence-electron chi connectivity index (χ1n) is 15.3. The van der Waals surface area contributed by atoms with Gasteiger partial charge in [-0.25, -0.2) is 12.8 Å². The number of ether oxygens (including phenoxy) is 1. The van der Waals surface area contributed by atoms with E-state index in [-0.39, 0.29) is 22.1 Å². The van der Waals surface area contributed by atoms with Crippen molar-refractivity contribution in [1.29, 1.82) is 0 Å². The average molecular weight is 633 g/mol. The molecule has 4 nitrogen and oxygen atoms in total. The fourth-order valence-corrected chi connectivity index (χ4v) is 13.2. The monoisotopic (exact) mass is 632 g/mol. The lowest BCUT2D eigenvalue weighted by molar-refractivity contribution is 0.298. The molecule has 0 aliphatic carbocycles. The second kappa shape index (κ2) is 13.7. The Hall–Kier alpha value is -3.42. The Labute approximate surface area is 264 Å². The molecule has 0 radical (unpaired) electrons. The van der Waals surface area contributed by atoms with E-state index >= 15 is 0 Å². The summed E-state index contributed by atoms with van der Waals surface area (Å²) in [5.41, 5.74) is 6.50. The molecule has 0 N–H and O–H groups in total. The molecule has 4 rings (SSSR count). The molecule has 0 aliphatic heterocycles. The van der Waals surface area contributed by atoms with Gasteiger partial charge in [0.25, 0.3) is 8.32 Å². The molecule has 0 unspecified atom stereocenters. The molecule has 44 heavy (non-hydrogen) atoms. The maximum Gasteiger partial charge on any atom is 0.258 e. The van der Waals surface area contributed by atoms with Gasteiger partial charge >= 0.3 is 0 Å². The molecule has 234 valence electrons. The molecule has 0 bridgehead atoms. The van der Waals surface area contributed by atoms with Crippen molar-refractivity contribution in [2.24, 2.45) is 0 Å². The van der Waals surface area contributed by atoms with Crippen molar-refractivity contribution in [3.05, 3.63) is 119 Å². The number of halogens is 1. The van der Waals surface area contributed by atoms with Crippen LogP contribution in [0.4, 0.5) is 4.39 Å². The van der Waals surface area contributed by atoms with Gasteiger partial charge in [-0.05, 0) is 113 Å². The summed E-state index contributed by atoms with van der Waals surface area (Å²) in [5, 5.41) is 0. The Balaban J connectivity index is 1.71. The van der Waals surface area contributed by atoms with Gasteiger partial charge in [-0.1, -0.05) is 77.9 Å². The van der Waals surface area contributed by atoms with Crippen LogP contribution in [0.1, 0.15) is 69.4 Å². The van der Waals surface area contributed by atoms with Gasteiger partial charge in [-0.15, -0.1) is 0 Å². The van der Waals surface area contributed by atoms with Gasteiger partial charge in [0, 0.05) is 0 Å². The number of benzene rings is 4. The predicted octanol–water partition coefficient (Wildman–Crippen LogP) is 10.00. The number of hydrogen-bond acceptors (Lipinski definition) is 4. The summed E-state index contributed by atoms with van der Waals surface area (Å²) in [5.74, 6) is 0.680. The van der Waals surface area contributed by atoms with Crippen LogP contribution < -0.4 is 9.16 Å². The zero-order valence-electron chi connectivity index (χ0n) is 27.1. The van der Waals surface area contributed by atoms with E-state index in [1.54, 1.807) is 12.1 Å². The Morgan fingerprint density at radius 2 is 1.30 bits per heavy atom. The lowest BCUT2D eigenvalue weighted by Crippen LogP contribution is -2.50. The third kappa shape index (κ3) is 7.10. The first kappa shape index (κ1) is 33.5. The van der Waals surface area contributed by atoms with E-state index in [0.29, 0.717) is 23.0 Å². The predicted molar refractivity (Wildman–Crippen MR) is 179 cm³/mol. The number of sulfone groups is 1. The molecule has 4 aromatic carbocycles. The molecule has 0 amide bonds. The highest BCUT2D eigenvalue weighted by Crippen LogP contribution is 2.43. The van der Waals surface area contributed by atoms with Crippen LogP contribution in [0, 0.1) is 19.7 Å². The molecule has 0 spiro atoms. The zero-order chi connectivity index (χ0) is 32.2. The minimum absolute atomic E-state index is 0.0163. The van der Waals surface area contributed by atoms with Crippen LogP contribution in [0.3, 0.4) is 0 Å². The van der Waals surface area contributed by atoms with E-state index in [1.165, 1.54) is 12.1 Å². The van der Waals surface area contributed by atoms with Crippen LogP contribution in [0.2, 0.25) is 16.6 Å². The molecule has 7 heteroatoms. The van der Waals surface area contributed by atoms with Gasteiger partial charge in [0.2, 0.25) is 9.84 Å². The van der Waals surface area contributed by atoms with Crippen molar-refractivity contribution in [3.8, 4) is 11.5 Å². The van der Waals surface area contributed by atoms with Crippen molar-refractivity contribution < 1.29 is 22.0 Å². The summed E-state index contributed by atoms with van der Waals surface area (Å²) < 4.78 is 54.4. The standard InChI is InChI=1S/C37H45FO4SSi/c1-25(2)44(26(3)4,27(5)6)42-33-20-28(7)35(29(8)21-33)22-31-14-19-36(41-24-30-12-10-9-11-13-30)37(23-31)43(39,40)34-17-15-32(38)16-18-34/h9-21,23,25-27H,22,24H2,1-8H3. The topological polar surface area (TPSA) is 52.6 Å². The average Bonchev–Trinajstić information content (AvgIpc) is 2.97. The van der Waals surface area contributed by atoms with Crippen molar-refractivity contribution in [2.75, 3.05) is 0 Å². The molecule has 0 aromatic heterocycles. The molecular weight excluding hydrogens is 588 g/mol. The Morgan fingerprint density at radius 1 is 0.727 bits per heavy atom. The van der Waals surface area contributed by atoms with Crippen LogP contribution in [0.5, 0.6) is 11.5 Å². The van der Waals surface area contributed by atoms with Crippen LogP contribution in [-0.2, 0) is 22.9 Å². The number of hydrogen-bond donors (Lipinski definition) is 0. The Kier molecular flexibility index (Phi) is 10.4. The van der Waals surface area contributed by atoms with Gasteiger partial charge in [0.05, 0.1) is 4.90 Å². The minimum Gasteiger partial charge on any atom is -0.543 e. The fraction of sp³-hybridized carbons (Fsp3) is 0.351. The van der Waals surface area contributed by atoms with Crippen LogP contribution in [-0.4, -0.2) is 16.7 Å². The van der Waals surface area contributed by atoms with Crippen LogP contribution in [0.25, 0.3) is 0 Å². The molecule has 4 aromatic rings. The van der Waals surface area contributed by atoms with E-state index in [1.807, 2.05) is 36.4 Å². The highest BCUT2D eigenvalue weighted by atomic mass is 32.2.